The molecule has 0 unspecified atom stereocenters. The van der Waals surface area contributed by atoms with Crippen LogP contribution in [0.1, 0.15) is 25.7 Å². The smallest absolute Gasteiger partial charge is 0.239 e. The molecule has 2 fully saturated rings. The molecule has 160 valence electrons. The molecule has 3 heterocycles. The van der Waals surface area contributed by atoms with Crippen LogP contribution in [0.3, 0.4) is 0 Å². The van der Waals surface area contributed by atoms with Crippen molar-refractivity contribution in [2.45, 2.75) is 32.2 Å². The average molecular weight is 412 g/mol. The van der Waals surface area contributed by atoms with Crippen molar-refractivity contribution in [2.75, 3.05) is 44.7 Å². The second kappa shape index (κ2) is 9.15. The van der Waals surface area contributed by atoms with Gasteiger partial charge in [-0.1, -0.05) is 12.1 Å². The first-order chi connectivity index (χ1) is 14.7. The second-order valence-corrected chi connectivity index (χ2v) is 7.64. The summed E-state index contributed by atoms with van der Waals surface area (Å²) in [6.45, 7) is 3.71. The monoisotopic (exact) mass is 412 g/mol. The van der Waals surface area contributed by atoms with Gasteiger partial charge in [-0.05, 0) is 31.4 Å². The Kier molecular flexibility index (Phi) is 6.15. The summed E-state index contributed by atoms with van der Waals surface area (Å²) in [4.78, 5) is 28.0. The zero-order valence-electron chi connectivity index (χ0n) is 17.3. The van der Waals surface area contributed by atoms with E-state index in [1.807, 2.05) is 38.6 Å². The van der Waals surface area contributed by atoms with Gasteiger partial charge in [-0.15, -0.1) is 10.2 Å². The number of benzene rings is 1. The molecule has 0 atom stereocenters. The van der Waals surface area contributed by atoms with Gasteiger partial charge >= 0.3 is 0 Å². The average Bonchev–Trinajstić information content (AvgIpc) is 3.18. The number of hydrogen-bond donors (Lipinski definition) is 1. The molecule has 0 bridgehead atoms. The Morgan fingerprint density at radius 1 is 1.10 bits per heavy atom. The Labute approximate surface area is 176 Å². The molecule has 9 heteroatoms. The van der Waals surface area contributed by atoms with Crippen LogP contribution in [0, 0.1) is 0 Å². The van der Waals surface area contributed by atoms with Crippen LogP contribution in [0.25, 0.3) is 11.4 Å². The second-order valence-electron chi connectivity index (χ2n) is 7.64. The largest absolute Gasteiger partial charge is 0.496 e. The number of para-hydroxylation sites is 1. The number of hydrogen-bond acceptors (Lipinski definition) is 6. The van der Waals surface area contributed by atoms with Crippen molar-refractivity contribution in [1.82, 2.24) is 25.0 Å². The van der Waals surface area contributed by atoms with Gasteiger partial charge in [-0.2, -0.15) is 0 Å². The summed E-state index contributed by atoms with van der Waals surface area (Å²) in [7, 11) is 1.64. The number of nitrogens with one attached hydrogen (secondary N) is 1. The molecule has 2 amide bonds. The standard InChI is InChI=1S/C21H28N6O3/c1-30-17-8-3-2-7-16(17)20-23-24-21(26-14-10-22-18(28)15-26)27(20)13-6-12-25-11-5-4-9-19(25)29/h2-3,7-8H,4-6,9-15H2,1H3,(H,22,28). The molecule has 1 aromatic heterocycles. The van der Waals surface area contributed by atoms with Crippen LogP contribution in [0.15, 0.2) is 24.3 Å². The molecule has 1 N–H and O–H groups in total. The van der Waals surface area contributed by atoms with E-state index in [0.717, 1.165) is 37.1 Å². The highest BCUT2D eigenvalue weighted by Crippen LogP contribution is 2.31. The van der Waals surface area contributed by atoms with E-state index in [1.54, 1.807) is 7.11 Å². The molecule has 2 aliphatic heterocycles. The lowest BCUT2D eigenvalue weighted by Crippen LogP contribution is -2.48. The maximum atomic E-state index is 12.1. The van der Waals surface area contributed by atoms with Gasteiger partial charge in [-0.25, -0.2) is 0 Å². The molecule has 0 spiro atoms. The third-order valence-corrected chi connectivity index (χ3v) is 5.63. The number of piperidine rings is 1. The number of likely N-dealkylation sites (tertiary alicyclic amines) is 1. The van der Waals surface area contributed by atoms with Crippen molar-refractivity contribution in [3.63, 3.8) is 0 Å². The lowest BCUT2D eigenvalue weighted by atomic mass is 10.1. The van der Waals surface area contributed by atoms with Gasteiger partial charge < -0.3 is 19.9 Å². The molecule has 9 nitrogen and oxygen atoms in total. The highest BCUT2D eigenvalue weighted by Gasteiger charge is 2.25. The normalized spacial score (nSPS) is 17.2. The topological polar surface area (TPSA) is 92.6 Å². The Balaban J connectivity index is 1.60. The number of nitrogens with zero attached hydrogens (tertiary/aromatic N) is 5. The third kappa shape index (κ3) is 4.24. The number of anilines is 1. The molecule has 4 rings (SSSR count). The molecular formula is C21H28N6O3. The molecule has 2 aliphatic rings. The van der Waals surface area contributed by atoms with Gasteiger partial charge in [-0.3, -0.25) is 14.2 Å². The van der Waals surface area contributed by atoms with Crippen molar-refractivity contribution < 1.29 is 14.3 Å². The first-order valence-electron chi connectivity index (χ1n) is 10.5. The minimum atomic E-state index is -0.0199. The highest BCUT2D eigenvalue weighted by atomic mass is 16.5. The number of amides is 2. The quantitative estimate of drug-likeness (QED) is 0.737. The van der Waals surface area contributed by atoms with Gasteiger partial charge in [0.05, 0.1) is 19.2 Å². The van der Waals surface area contributed by atoms with Gasteiger partial charge in [0.2, 0.25) is 17.8 Å². The molecule has 2 aromatic rings. The minimum absolute atomic E-state index is 0.0199. The molecule has 2 saturated heterocycles. The van der Waals surface area contributed by atoms with E-state index in [1.165, 1.54) is 0 Å². The SMILES string of the molecule is COc1ccccc1-c1nnc(N2CCNC(=O)C2)n1CCCN1CCCCC1=O. The number of carbonyl (C=O) groups excluding carboxylic acids is 2. The van der Waals surface area contributed by atoms with E-state index in [0.29, 0.717) is 44.4 Å². The van der Waals surface area contributed by atoms with Crippen LogP contribution >= 0.6 is 0 Å². The van der Waals surface area contributed by atoms with Crippen molar-refractivity contribution in [1.29, 1.82) is 0 Å². The van der Waals surface area contributed by atoms with Gasteiger partial charge in [0.1, 0.15) is 5.75 Å². The predicted molar refractivity (Wildman–Crippen MR) is 112 cm³/mol. The number of carbonyl (C=O) groups is 2. The van der Waals surface area contributed by atoms with E-state index >= 15 is 0 Å². The summed E-state index contributed by atoms with van der Waals surface area (Å²) in [6.07, 6.45) is 3.49. The van der Waals surface area contributed by atoms with E-state index in [-0.39, 0.29) is 18.4 Å². The van der Waals surface area contributed by atoms with Crippen molar-refractivity contribution in [2.24, 2.45) is 0 Å². The number of rotatable bonds is 7. The van der Waals surface area contributed by atoms with E-state index in [9.17, 15) is 9.59 Å². The summed E-state index contributed by atoms with van der Waals surface area (Å²) in [6, 6.07) is 7.72. The highest BCUT2D eigenvalue weighted by molar-refractivity contribution is 5.82. The zero-order chi connectivity index (χ0) is 20.9. The molecule has 0 radical (unpaired) electrons. The Hall–Kier alpha value is -3.10. The van der Waals surface area contributed by atoms with Crippen LogP contribution in [0.2, 0.25) is 0 Å². The van der Waals surface area contributed by atoms with Crippen LogP contribution in [-0.4, -0.2) is 71.3 Å². The molecule has 0 aliphatic carbocycles. The maximum absolute atomic E-state index is 12.1. The van der Waals surface area contributed by atoms with Gasteiger partial charge in [0, 0.05) is 39.1 Å². The number of methoxy groups -OCH3 is 1. The Morgan fingerprint density at radius 2 is 1.97 bits per heavy atom. The fraction of sp³-hybridized carbons (Fsp3) is 0.524. The van der Waals surface area contributed by atoms with Gasteiger partial charge in [0.25, 0.3) is 0 Å². The van der Waals surface area contributed by atoms with Crippen LogP contribution in [-0.2, 0) is 16.1 Å². The molecule has 30 heavy (non-hydrogen) atoms. The lowest BCUT2D eigenvalue weighted by molar-refractivity contribution is -0.133. The zero-order valence-corrected chi connectivity index (χ0v) is 17.3. The summed E-state index contributed by atoms with van der Waals surface area (Å²) in [5, 5.41) is 11.7. The fourth-order valence-electron chi connectivity index (χ4n) is 4.09. The first-order valence-corrected chi connectivity index (χ1v) is 10.5. The number of ether oxygens (including phenoxy) is 1. The molecule has 0 saturated carbocycles. The number of aromatic nitrogens is 3. The summed E-state index contributed by atoms with van der Waals surface area (Å²) in [5.74, 6) is 2.32. The van der Waals surface area contributed by atoms with Crippen molar-refractivity contribution in [3.8, 4) is 17.1 Å². The number of piperazine rings is 1. The summed E-state index contributed by atoms with van der Waals surface area (Å²) in [5.41, 5.74) is 0.856. The van der Waals surface area contributed by atoms with Crippen LogP contribution in [0.4, 0.5) is 5.95 Å². The predicted octanol–water partition coefficient (Wildman–Crippen LogP) is 1.29. The minimum Gasteiger partial charge on any atom is -0.496 e. The van der Waals surface area contributed by atoms with Crippen LogP contribution in [0.5, 0.6) is 5.75 Å². The van der Waals surface area contributed by atoms with E-state index in [4.69, 9.17) is 4.74 Å². The lowest BCUT2D eigenvalue weighted by Gasteiger charge is -2.29. The van der Waals surface area contributed by atoms with Crippen molar-refractivity contribution >= 4 is 17.8 Å². The summed E-state index contributed by atoms with van der Waals surface area (Å²) < 4.78 is 7.58. The molecular weight excluding hydrogens is 384 g/mol. The van der Waals surface area contributed by atoms with Gasteiger partial charge in [0.15, 0.2) is 5.82 Å². The third-order valence-electron chi connectivity index (χ3n) is 5.63. The summed E-state index contributed by atoms with van der Waals surface area (Å²) >= 11 is 0. The first kappa shape index (κ1) is 20.2. The fourth-order valence-corrected chi connectivity index (χ4v) is 4.09. The Bertz CT molecular complexity index is 912. The van der Waals surface area contributed by atoms with Crippen LogP contribution < -0.4 is 15.0 Å². The Morgan fingerprint density at radius 3 is 2.77 bits per heavy atom. The molecule has 1 aromatic carbocycles. The van der Waals surface area contributed by atoms with E-state index < -0.39 is 0 Å². The maximum Gasteiger partial charge on any atom is 0.239 e. The van der Waals surface area contributed by atoms with Crippen molar-refractivity contribution in [3.05, 3.63) is 24.3 Å². The van der Waals surface area contributed by atoms with E-state index in [2.05, 4.69) is 15.5 Å².